The highest BCUT2D eigenvalue weighted by Gasteiger charge is 2.41. The molecule has 2 heterocycles. The van der Waals surface area contributed by atoms with Gasteiger partial charge in [-0.25, -0.2) is 4.99 Å². The molecule has 0 saturated carbocycles. The molecule has 0 spiro atoms. The van der Waals surface area contributed by atoms with E-state index >= 15 is 0 Å². The lowest BCUT2D eigenvalue weighted by molar-refractivity contribution is -0.114. The first-order valence-corrected chi connectivity index (χ1v) is 9.48. The van der Waals surface area contributed by atoms with Crippen LogP contribution in [0.2, 0.25) is 0 Å². The number of carbonyl (C=O) groups is 1. The minimum Gasteiger partial charge on any atom is -0.493 e. The lowest BCUT2D eigenvalue weighted by Gasteiger charge is -2.37. The van der Waals surface area contributed by atoms with E-state index in [1.165, 1.54) is 6.21 Å². The Hall–Kier alpha value is -3.31. The molecular formula is C21H16BrN3O4. The topological polar surface area (TPSA) is 107 Å². The predicted molar refractivity (Wildman–Crippen MR) is 109 cm³/mol. The van der Waals surface area contributed by atoms with E-state index in [0.717, 1.165) is 11.1 Å². The predicted octanol–water partition coefficient (Wildman–Crippen LogP) is 3.05. The summed E-state index contributed by atoms with van der Waals surface area (Å²) in [7, 11) is 3.10. The Balaban J connectivity index is 1.92. The summed E-state index contributed by atoms with van der Waals surface area (Å²) in [6.45, 7) is 0. The van der Waals surface area contributed by atoms with Gasteiger partial charge < -0.3 is 19.9 Å². The van der Waals surface area contributed by atoms with E-state index in [0.29, 0.717) is 32.7 Å². The van der Waals surface area contributed by atoms with Crippen molar-refractivity contribution in [1.82, 2.24) is 0 Å². The van der Waals surface area contributed by atoms with E-state index in [9.17, 15) is 10.1 Å². The van der Waals surface area contributed by atoms with Crippen molar-refractivity contribution < 1.29 is 19.0 Å². The van der Waals surface area contributed by atoms with Gasteiger partial charge in [0.15, 0.2) is 17.4 Å². The average molecular weight is 454 g/mol. The fourth-order valence-corrected chi connectivity index (χ4v) is 4.39. The summed E-state index contributed by atoms with van der Waals surface area (Å²) in [6, 6.07) is 5.84. The van der Waals surface area contributed by atoms with Gasteiger partial charge in [-0.1, -0.05) is 6.08 Å². The number of hydrogen-bond donors (Lipinski definition) is 1. The van der Waals surface area contributed by atoms with Gasteiger partial charge in [-0.3, -0.25) is 4.79 Å². The van der Waals surface area contributed by atoms with Crippen LogP contribution < -0.4 is 15.2 Å². The van der Waals surface area contributed by atoms with E-state index in [2.05, 4.69) is 27.0 Å². The zero-order valence-electron chi connectivity index (χ0n) is 15.6. The van der Waals surface area contributed by atoms with Gasteiger partial charge in [0.2, 0.25) is 0 Å². The monoisotopic (exact) mass is 453 g/mol. The molecule has 1 amide bonds. The summed E-state index contributed by atoms with van der Waals surface area (Å²) >= 11 is 3.50. The van der Waals surface area contributed by atoms with E-state index in [1.807, 2.05) is 12.1 Å². The number of nitrogens with zero attached hydrogens (tertiary/aromatic N) is 2. The molecule has 7 nitrogen and oxygen atoms in total. The molecule has 0 aromatic heterocycles. The normalized spacial score (nSPS) is 22.4. The number of allylic oxidation sites excluding steroid dienone is 4. The zero-order chi connectivity index (χ0) is 20.7. The van der Waals surface area contributed by atoms with Crippen LogP contribution in [0.25, 0.3) is 0 Å². The SMILES string of the molecule is COc1cc(C2C3=CC=C4C(=O)N=CC=C4C3OC(N)=C2C#N)cc(Br)c1OC. The molecule has 2 N–H and O–H groups in total. The molecule has 0 radical (unpaired) electrons. The van der Waals surface area contributed by atoms with Gasteiger partial charge in [-0.2, -0.15) is 5.26 Å². The minimum atomic E-state index is -0.584. The third kappa shape index (κ3) is 2.95. The Morgan fingerprint density at radius 3 is 2.72 bits per heavy atom. The van der Waals surface area contributed by atoms with Gasteiger partial charge in [0.05, 0.1) is 18.7 Å². The number of nitriles is 1. The van der Waals surface area contributed by atoms with Crippen LogP contribution in [0.1, 0.15) is 11.5 Å². The number of benzene rings is 1. The van der Waals surface area contributed by atoms with Gasteiger partial charge in [0.1, 0.15) is 17.7 Å². The minimum absolute atomic E-state index is 0.0302. The summed E-state index contributed by atoms with van der Waals surface area (Å²) in [5.74, 6) is 0.292. The number of ether oxygens (including phenoxy) is 3. The van der Waals surface area contributed by atoms with Gasteiger partial charge in [0.25, 0.3) is 5.91 Å². The summed E-state index contributed by atoms with van der Waals surface area (Å²) < 4.78 is 17.4. The number of aliphatic imine (C=N–C) groups is 1. The number of hydrogen-bond acceptors (Lipinski definition) is 6. The van der Waals surface area contributed by atoms with Crippen LogP contribution in [0.15, 0.2) is 68.0 Å². The fourth-order valence-electron chi connectivity index (χ4n) is 3.77. The maximum Gasteiger partial charge on any atom is 0.277 e. The summed E-state index contributed by atoms with van der Waals surface area (Å²) in [4.78, 5) is 15.9. The second kappa shape index (κ2) is 7.26. The first kappa shape index (κ1) is 19.0. The maximum atomic E-state index is 12.1. The molecule has 3 aliphatic rings. The van der Waals surface area contributed by atoms with Crippen LogP contribution in [-0.4, -0.2) is 32.4 Å². The van der Waals surface area contributed by atoms with Gasteiger partial charge >= 0.3 is 0 Å². The van der Waals surface area contributed by atoms with Gasteiger partial charge in [-0.05, 0) is 51.4 Å². The smallest absolute Gasteiger partial charge is 0.277 e. The molecular weight excluding hydrogens is 438 g/mol. The van der Waals surface area contributed by atoms with Crippen LogP contribution in [0.3, 0.4) is 0 Å². The van der Waals surface area contributed by atoms with Crippen molar-refractivity contribution in [3.8, 4) is 17.6 Å². The summed E-state index contributed by atoms with van der Waals surface area (Å²) in [6.07, 6.45) is 6.11. The highest BCUT2D eigenvalue weighted by atomic mass is 79.9. The molecule has 1 aliphatic carbocycles. The van der Waals surface area contributed by atoms with Crippen molar-refractivity contribution >= 4 is 28.1 Å². The van der Waals surface area contributed by atoms with Crippen molar-refractivity contribution in [3.63, 3.8) is 0 Å². The van der Waals surface area contributed by atoms with Crippen LogP contribution in [0, 0.1) is 11.3 Å². The van der Waals surface area contributed by atoms with Crippen molar-refractivity contribution in [2.24, 2.45) is 10.7 Å². The number of nitrogens with two attached hydrogens (primary N) is 1. The molecule has 2 unspecified atom stereocenters. The second-order valence-corrected chi connectivity index (χ2v) is 7.37. The number of carbonyl (C=O) groups excluding carboxylic acids is 1. The van der Waals surface area contributed by atoms with Crippen LogP contribution >= 0.6 is 15.9 Å². The molecule has 4 rings (SSSR count). The van der Waals surface area contributed by atoms with E-state index < -0.39 is 12.0 Å². The first-order valence-electron chi connectivity index (χ1n) is 8.68. The Kier molecular flexibility index (Phi) is 4.76. The standard InChI is InChI=1S/C21H16BrN3O4/c1-27-16-8-10(7-15(22)19(16)28-2)17-13-4-3-12-11(5-6-25-21(12)26)18(13)29-20(24)14(17)9-23/h3-8,17-18H,24H2,1-2H3. The van der Waals surface area contributed by atoms with Crippen molar-refractivity contribution in [2.75, 3.05) is 14.2 Å². The molecule has 2 atom stereocenters. The van der Waals surface area contributed by atoms with Crippen molar-refractivity contribution in [3.05, 3.63) is 68.6 Å². The Morgan fingerprint density at radius 1 is 1.24 bits per heavy atom. The number of methoxy groups -OCH3 is 2. The Bertz CT molecular complexity index is 1120. The number of amides is 1. The van der Waals surface area contributed by atoms with Crippen LogP contribution in [0.4, 0.5) is 0 Å². The third-order valence-corrected chi connectivity index (χ3v) is 5.65. The highest BCUT2D eigenvalue weighted by molar-refractivity contribution is 9.10. The van der Waals surface area contributed by atoms with Crippen molar-refractivity contribution in [1.29, 1.82) is 5.26 Å². The number of dihydropyridines is 1. The molecule has 1 aromatic rings. The highest BCUT2D eigenvalue weighted by Crippen LogP contribution is 2.48. The number of fused-ring (bicyclic) bond motifs is 3. The first-order chi connectivity index (χ1) is 14.0. The fraction of sp³-hybridized carbons (Fsp3) is 0.190. The molecule has 1 aromatic carbocycles. The van der Waals surface area contributed by atoms with E-state index in [1.54, 1.807) is 32.4 Å². The number of rotatable bonds is 3. The molecule has 146 valence electrons. The van der Waals surface area contributed by atoms with Crippen LogP contribution in [-0.2, 0) is 9.53 Å². The molecule has 0 fully saturated rings. The van der Waals surface area contributed by atoms with Crippen LogP contribution in [0.5, 0.6) is 11.5 Å². The lowest BCUT2D eigenvalue weighted by Crippen LogP contribution is -2.35. The van der Waals surface area contributed by atoms with Gasteiger partial charge in [-0.15, -0.1) is 0 Å². The average Bonchev–Trinajstić information content (AvgIpc) is 2.72. The van der Waals surface area contributed by atoms with Gasteiger partial charge in [0, 0.05) is 23.3 Å². The molecule has 29 heavy (non-hydrogen) atoms. The second-order valence-electron chi connectivity index (χ2n) is 6.51. The summed E-state index contributed by atoms with van der Waals surface area (Å²) in [5, 5.41) is 9.79. The molecule has 8 heteroatoms. The third-order valence-electron chi connectivity index (χ3n) is 5.06. The Labute approximate surface area is 175 Å². The van der Waals surface area contributed by atoms with Crippen molar-refractivity contribution in [2.45, 2.75) is 12.0 Å². The largest absolute Gasteiger partial charge is 0.493 e. The Morgan fingerprint density at radius 2 is 2.03 bits per heavy atom. The van der Waals surface area contributed by atoms with E-state index in [-0.39, 0.29) is 11.8 Å². The zero-order valence-corrected chi connectivity index (χ0v) is 17.2. The molecule has 2 aliphatic heterocycles. The maximum absolute atomic E-state index is 12.1. The quantitative estimate of drug-likeness (QED) is 0.753. The lowest BCUT2D eigenvalue weighted by atomic mass is 9.75. The van der Waals surface area contributed by atoms with E-state index in [4.69, 9.17) is 19.9 Å². The molecule has 0 saturated heterocycles. The number of halogens is 1. The molecule has 0 bridgehead atoms. The summed E-state index contributed by atoms with van der Waals surface area (Å²) in [5.41, 5.74) is 9.12.